The van der Waals surface area contributed by atoms with Crippen molar-refractivity contribution in [3.8, 4) is 0 Å². The highest BCUT2D eigenvalue weighted by molar-refractivity contribution is 5.90. The lowest BCUT2D eigenvalue weighted by Crippen LogP contribution is -2.49. The van der Waals surface area contributed by atoms with Crippen molar-refractivity contribution in [3.63, 3.8) is 0 Å². The van der Waals surface area contributed by atoms with Crippen LogP contribution in [0.4, 0.5) is 0 Å². The molecule has 6 aliphatic rings. The van der Waals surface area contributed by atoms with Crippen LogP contribution in [0.25, 0.3) is 0 Å². The minimum absolute atomic E-state index is 0.0702. The number of aliphatic hydroxyl groups is 3. The maximum atomic E-state index is 11.5. The maximum absolute atomic E-state index is 11.5. The van der Waals surface area contributed by atoms with Crippen LogP contribution in [0, 0.1) is 50.7 Å². The molecule has 0 aliphatic heterocycles. The first-order valence-corrected chi connectivity index (χ1v) is 17.4. The standard InChI is InChI=1S/C15H20O3.C15H26O.C10H16O/c1-13(2)4-9-10(5-13)12(18)14(3)7-15(14,8-17)11(9)6-16;1-11-6-7-13-14(2,3)8-5-9-15(13,4)12(11)10-16;1-7(2)9-5-4-8(3)10(11)6-9/h6,8,10,12,18H,4-5,7H2,1-3H3;6,12-13,16H,5,7-10H2,1-4H3;4,9-11H,1,5-6H2,2-3H3/t10-,12+,14+,15+;12-,13-,15+;/m10./s1. The lowest BCUT2D eigenvalue weighted by atomic mass is 9.49. The highest BCUT2D eigenvalue weighted by Gasteiger charge is 2.74. The molecule has 5 nitrogen and oxygen atoms in total. The van der Waals surface area contributed by atoms with E-state index in [0.717, 1.165) is 55.3 Å². The summed E-state index contributed by atoms with van der Waals surface area (Å²) >= 11 is 0. The fourth-order valence-electron chi connectivity index (χ4n) is 10.4. The van der Waals surface area contributed by atoms with E-state index in [9.17, 15) is 24.9 Å². The Balaban J connectivity index is 0.000000158. The third-order valence-electron chi connectivity index (χ3n) is 13.5. The molecule has 0 aromatic carbocycles. The number of allylic oxidation sites excluding steroid dienone is 4. The van der Waals surface area contributed by atoms with Gasteiger partial charge in [0.1, 0.15) is 12.6 Å². The van der Waals surface area contributed by atoms with Gasteiger partial charge in [0, 0.05) is 22.8 Å². The highest BCUT2D eigenvalue weighted by Crippen LogP contribution is 2.74. The van der Waals surface area contributed by atoms with Crippen molar-refractivity contribution in [2.24, 2.45) is 50.7 Å². The van der Waals surface area contributed by atoms with E-state index in [1.165, 1.54) is 36.8 Å². The summed E-state index contributed by atoms with van der Waals surface area (Å²) in [5, 5.41) is 29.8. The third-order valence-corrected chi connectivity index (χ3v) is 13.5. The lowest BCUT2D eigenvalue weighted by molar-refractivity contribution is -0.116. The largest absolute Gasteiger partial charge is 0.396 e. The number of rotatable bonds is 4. The Morgan fingerprint density at radius 1 is 1.00 bits per heavy atom. The summed E-state index contributed by atoms with van der Waals surface area (Å²) in [5.74, 6) is 1.70. The Labute approximate surface area is 273 Å². The Morgan fingerprint density at radius 3 is 2.20 bits per heavy atom. The first-order valence-electron chi connectivity index (χ1n) is 17.4. The summed E-state index contributed by atoms with van der Waals surface area (Å²) in [4.78, 5) is 23.0. The van der Waals surface area contributed by atoms with Crippen LogP contribution in [0.15, 0.2) is 46.6 Å². The van der Waals surface area contributed by atoms with Gasteiger partial charge in [0.2, 0.25) is 0 Å². The lowest BCUT2D eigenvalue weighted by Gasteiger charge is -2.56. The zero-order chi connectivity index (χ0) is 33.8. The summed E-state index contributed by atoms with van der Waals surface area (Å²) in [7, 11) is 0. The average molecular weight is 623 g/mol. The van der Waals surface area contributed by atoms with Crippen LogP contribution >= 0.6 is 0 Å². The van der Waals surface area contributed by atoms with E-state index in [1.807, 2.05) is 20.8 Å². The molecule has 0 bridgehead atoms. The molecule has 3 fully saturated rings. The zero-order valence-electron chi connectivity index (χ0n) is 29.7. The number of fused-ring (bicyclic) bond motifs is 3. The van der Waals surface area contributed by atoms with Gasteiger partial charge in [-0.25, -0.2) is 0 Å². The molecular weight excluding hydrogens is 560 g/mol. The quantitative estimate of drug-likeness (QED) is 0.219. The predicted octanol–water partition coefficient (Wildman–Crippen LogP) is 7.95. The summed E-state index contributed by atoms with van der Waals surface area (Å²) in [5.41, 5.74) is 5.22. The molecule has 0 radical (unpaired) electrons. The SMILES string of the molecule is C=C(C)C1CC=C(C)C(O)C1.CC1(C)CC2=C(C=O)[C@@]3(C=O)C[C@@]3(C)[C@@H](O)[C@@H]2C1.CC1=CC[C@H]2C(C)(C)CCC[C@]2(C)[C@H]1CO. The third kappa shape index (κ3) is 6.27. The van der Waals surface area contributed by atoms with E-state index < -0.39 is 16.9 Å². The second-order valence-electron chi connectivity index (χ2n) is 17.6. The monoisotopic (exact) mass is 622 g/mol. The number of hydrogen-bond donors (Lipinski definition) is 3. The molecule has 0 aromatic rings. The molecule has 2 unspecified atom stereocenters. The first-order chi connectivity index (χ1) is 20.8. The minimum atomic E-state index is -0.694. The van der Waals surface area contributed by atoms with E-state index >= 15 is 0 Å². The van der Waals surface area contributed by atoms with Gasteiger partial charge in [-0.05, 0) is 106 Å². The number of carbonyl (C=O) groups is 2. The predicted molar refractivity (Wildman–Crippen MR) is 182 cm³/mol. The van der Waals surface area contributed by atoms with Crippen molar-refractivity contribution in [2.45, 2.75) is 132 Å². The molecule has 5 heteroatoms. The van der Waals surface area contributed by atoms with Crippen molar-refractivity contribution >= 4 is 12.6 Å². The van der Waals surface area contributed by atoms with Crippen molar-refractivity contribution < 1.29 is 24.9 Å². The molecule has 45 heavy (non-hydrogen) atoms. The Kier molecular flexibility index (Phi) is 10.1. The van der Waals surface area contributed by atoms with Crippen LogP contribution in [-0.4, -0.2) is 46.7 Å². The van der Waals surface area contributed by atoms with Crippen LogP contribution < -0.4 is 0 Å². The van der Waals surface area contributed by atoms with Gasteiger partial charge in [0.05, 0.1) is 24.2 Å². The summed E-state index contributed by atoms with van der Waals surface area (Å²) in [6, 6.07) is 0. The molecule has 6 rings (SSSR count). The van der Waals surface area contributed by atoms with E-state index in [0.29, 0.717) is 41.3 Å². The average Bonchev–Trinajstić information content (AvgIpc) is 3.46. The van der Waals surface area contributed by atoms with Crippen LogP contribution in [0.5, 0.6) is 0 Å². The Hall–Kier alpha value is -1.82. The van der Waals surface area contributed by atoms with Crippen LogP contribution in [-0.2, 0) is 9.59 Å². The van der Waals surface area contributed by atoms with Crippen molar-refractivity contribution in [1.82, 2.24) is 0 Å². The molecule has 6 aliphatic carbocycles. The fraction of sp³-hybridized carbons (Fsp3) is 0.750. The number of aldehydes is 2. The van der Waals surface area contributed by atoms with Gasteiger partial charge in [-0.2, -0.15) is 0 Å². The van der Waals surface area contributed by atoms with Gasteiger partial charge in [0.15, 0.2) is 0 Å². The smallest absolute Gasteiger partial charge is 0.147 e. The van der Waals surface area contributed by atoms with Gasteiger partial charge < -0.3 is 20.1 Å². The van der Waals surface area contributed by atoms with Crippen molar-refractivity contribution in [3.05, 3.63) is 46.6 Å². The number of hydrogen-bond acceptors (Lipinski definition) is 5. The maximum Gasteiger partial charge on any atom is 0.147 e. The molecule has 0 spiro atoms. The minimum Gasteiger partial charge on any atom is -0.396 e. The van der Waals surface area contributed by atoms with Gasteiger partial charge in [0.25, 0.3) is 0 Å². The second kappa shape index (κ2) is 12.7. The summed E-state index contributed by atoms with van der Waals surface area (Å²) < 4.78 is 0. The summed E-state index contributed by atoms with van der Waals surface area (Å²) in [6.07, 6.45) is 15.0. The van der Waals surface area contributed by atoms with Crippen LogP contribution in [0.3, 0.4) is 0 Å². The molecule has 3 saturated carbocycles. The van der Waals surface area contributed by atoms with E-state index in [2.05, 4.69) is 60.3 Å². The first kappa shape index (κ1) is 36.0. The normalized spacial score (nSPS) is 42.1. The van der Waals surface area contributed by atoms with E-state index in [4.69, 9.17) is 0 Å². The van der Waals surface area contributed by atoms with Crippen LogP contribution in [0.1, 0.15) is 120 Å². The topological polar surface area (TPSA) is 94.8 Å². The summed E-state index contributed by atoms with van der Waals surface area (Å²) in [6.45, 7) is 23.9. The van der Waals surface area contributed by atoms with Crippen molar-refractivity contribution in [1.29, 1.82) is 0 Å². The molecular formula is C40H62O5. The molecule has 3 N–H and O–H groups in total. The van der Waals surface area contributed by atoms with Crippen molar-refractivity contribution in [2.75, 3.05) is 6.61 Å². The second-order valence-corrected chi connectivity index (χ2v) is 17.6. The van der Waals surface area contributed by atoms with Gasteiger partial charge in [-0.1, -0.05) is 83.4 Å². The molecule has 252 valence electrons. The van der Waals surface area contributed by atoms with E-state index in [1.54, 1.807) is 0 Å². The van der Waals surface area contributed by atoms with Gasteiger partial charge in [-0.3, -0.25) is 4.79 Å². The van der Waals surface area contributed by atoms with Gasteiger partial charge in [-0.15, -0.1) is 0 Å². The van der Waals surface area contributed by atoms with Crippen LogP contribution in [0.2, 0.25) is 0 Å². The molecule has 0 aromatic heterocycles. The van der Waals surface area contributed by atoms with E-state index in [-0.39, 0.29) is 17.4 Å². The Morgan fingerprint density at radius 2 is 1.64 bits per heavy atom. The van der Waals surface area contributed by atoms with Gasteiger partial charge >= 0.3 is 0 Å². The number of carbonyl (C=O) groups excluding carboxylic acids is 2. The fourth-order valence-corrected chi connectivity index (χ4v) is 10.4. The number of aliphatic hydroxyl groups excluding tert-OH is 3. The molecule has 0 heterocycles. The zero-order valence-corrected chi connectivity index (χ0v) is 29.7. The highest BCUT2D eigenvalue weighted by atomic mass is 16.3. The Bertz CT molecular complexity index is 1270. The molecule has 0 amide bonds. The molecule has 9 atom stereocenters. The molecule has 0 saturated heterocycles.